The van der Waals surface area contributed by atoms with Crippen molar-refractivity contribution in [2.24, 2.45) is 5.41 Å². The molecule has 0 radical (unpaired) electrons. The number of nitrogens with one attached hydrogen (secondary N) is 1. The standard InChI is InChI=1S/C11H21NO/c1-3-7-11(8-5-6-9-11)10(13)12-4-2/h3-9H2,1-2H3,(H,12,13). The molecule has 0 aliphatic heterocycles. The maximum atomic E-state index is 11.8. The van der Waals surface area contributed by atoms with Gasteiger partial charge in [-0.3, -0.25) is 4.79 Å². The second-order valence-corrected chi connectivity index (χ2v) is 4.10. The average molecular weight is 183 g/mol. The zero-order valence-electron chi connectivity index (χ0n) is 8.86. The maximum absolute atomic E-state index is 11.8. The molecule has 0 atom stereocenters. The second kappa shape index (κ2) is 4.64. The number of rotatable bonds is 4. The molecule has 1 aliphatic carbocycles. The number of hydrogen-bond acceptors (Lipinski definition) is 1. The van der Waals surface area contributed by atoms with Crippen molar-refractivity contribution in [3.05, 3.63) is 0 Å². The third-order valence-corrected chi connectivity index (χ3v) is 3.11. The fourth-order valence-electron chi connectivity index (χ4n) is 2.47. The van der Waals surface area contributed by atoms with Crippen molar-refractivity contribution in [2.45, 2.75) is 52.4 Å². The number of hydrogen-bond donors (Lipinski definition) is 1. The van der Waals surface area contributed by atoms with Gasteiger partial charge >= 0.3 is 0 Å². The van der Waals surface area contributed by atoms with Gasteiger partial charge in [0.1, 0.15) is 0 Å². The third kappa shape index (κ3) is 2.23. The van der Waals surface area contributed by atoms with Crippen LogP contribution in [0.1, 0.15) is 52.4 Å². The van der Waals surface area contributed by atoms with Crippen molar-refractivity contribution in [1.29, 1.82) is 0 Å². The van der Waals surface area contributed by atoms with Crippen LogP contribution in [0.3, 0.4) is 0 Å². The van der Waals surface area contributed by atoms with E-state index in [1.807, 2.05) is 6.92 Å². The zero-order chi connectivity index (χ0) is 9.73. The van der Waals surface area contributed by atoms with Gasteiger partial charge in [0.15, 0.2) is 0 Å². The molecule has 0 unspecified atom stereocenters. The molecule has 1 N–H and O–H groups in total. The Morgan fingerprint density at radius 2 is 1.92 bits per heavy atom. The van der Waals surface area contributed by atoms with Crippen LogP contribution in [-0.4, -0.2) is 12.5 Å². The molecule has 0 saturated heterocycles. The molecule has 1 fully saturated rings. The van der Waals surface area contributed by atoms with Gasteiger partial charge in [-0.15, -0.1) is 0 Å². The summed E-state index contributed by atoms with van der Waals surface area (Å²) >= 11 is 0. The van der Waals surface area contributed by atoms with E-state index in [2.05, 4.69) is 12.2 Å². The van der Waals surface area contributed by atoms with E-state index < -0.39 is 0 Å². The summed E-state index contributed by atoms with van der Waals surface area (Å²) in [4.78, 5) is 11.8. The highest BCUT2D eigenvalue weighted by atomic mass is 16.2. The van der Waals surface area contributed by atoms with Crippen LogP contribution in [0.5, 0.6) is 0 Å². The van der Waals surface area contributed by atoms with Crippen molar-refractivity contribution >= 4 is 5.91 Å². The van der Waals surface area contributed by atoms with Crippen LogP contribution in [0.2, 0.25) is 0 Å². The first-order valence-corrected chi connectivity index (χ1v) is 5.53. The Kier molecular flexibility index (Phi) is 3.76. The summed E-state index contributed by atoms with van der Waals surface area (Å²) in [5, 5.41) is 2.97. The lowest BCUT2D eigenvalue weighted by molar-refractivity contribution is -0.131. The van der Waals surface area contributed by atoms with E-state index in [0.29, 0.717) is 5.91 Å². The Balaban J connectivity index is 2.60. The van der Waals surface area contributed by atoms with Gasteiger partial charge in [-0.05, 0) is 26.2 Å². The van der Waals surface area contributed by atoms with Crippen molar-refractivity contribution in [2.75, 3.05) is 6.54 Å². The summed E-state index contributed by atoms with van der Waals surface area (Å²) in [6, 6.07) is 0. The molecule has 2 nitrogen and oxygen atoms in total. The molecule has 2 heteroatoms. The predicted molar refractivity (Wildman–Crippen MR) is 54.5 cm³/mol. The van der Waals surface area contributed by atoms with Gasteiger partial charge in [-0.1, -0.05) is 26.2 Å². The largest absolute Gasteiger partial charge is 0.356 e. The molecule has 0 bridgehead atoms. The van der Waals surface area contributed by atoms with E-state index in [0.717, 1.165) is 32.2 Å². The fourth-order valence-corrected chi connectivity index (χ4v) is 2.47. The summed E-state index contributed by atoms with van der Waals surface area (Å²) < 4.78 is 0. The van der Waals surface area contributed by atoms with E-state index in [4.69, 9.17) is 0 Å². The molecule has 1 rings (SSSR count). The summed E-state index contributed by atoms with van der Waals surface area (Å²) in [5.74, 6) is 0.300. The zero-order valence-corrected chi connectivity index (χ0v) is 8.86. The highest BCUT2D eigenvalue weighted by Gasteiger charge is 2.39. The van der Waals surface area contributed by atoms with Gasteiger partial charge in [0.2, 0.25) is 5.91 Å². The van der Waals surface area contributed by atoms with Gasteiger partial charge in [0.25, 0.3) is 0 Å². The normalized spacial score (nSPS) is 20.2. The summed E-state index contributed by atoms with van der Waals surface area (Å²) in [7, 11) is 0. The van der Waals surface area contributed by atoms with E-state index >= 15 is 0 Å². The van der Waals surface area contributed by atoms with Crippen LogP contribution >= 0.6 is 0 Å². The van der Waals surface area contributed by atoms with Gasteiger partial charge in [-0.25, -0.2) is 0 Å². The topological polar surface area (TPSA) is 29.1 Å². The molecule has 76 valence electrons. The Morgan fingerprint density at radius 1 is 1.31 bits per heavy atom. The molecule has 0 aromatic rings. The minimum Gasteiger partial charge on any atom is -0.356 e. The molecule has 1 aliphatic rings. The van der Waals surface area contributed by atoms with Crippen LogP contribution < -0.4 is 5.32 Å². The Hall–Kier alpha value is -0.530. The van der Waals surface area contributed by atoms with E-state index in [9.17, 15) is 4.79 Å². The van der Waals surface area contributed by atoms with Crippen LogP contribution in [0, 0.1) is 5.41 Å². The minimum absolute atomic E-state index is 0.00472. The van der Waals surface area contributed by atoms with Crippen molar-refractivity contribution < 1.29 is 4.79 Å². The van der Waals surface area contributed by atoms with E-state index in [1.54, 1.807) is 0 Å². The fraction of sp³-hybridized carbons (Fsp3) is 0.909. The quantitative estimate of drug-likeness (QED) is 0.712. The first-order valence-electron chi connectivity index (χ1n) is 5.53. The van der Waals surface area contributed by atoms with Crippen molar-refractivity contribution in [1.82, 2.24) is 5.32 Å². The Labute approximate surface area is 81.1 Å². The molecule has 0 heterocycles. The van der Waals surface area contributed by atoms with Gasteiger partial charge in [0, 0.05) is 12.0 Å². The molecule has 13 heavy (non-hydrogen) atoms. The van der Waals surface area contributed by atoms with Gasteiger partial charge in [-0.2, -0.15) is 0 Å². The first kappa shape index (κ1) is 10.6. The molecular weight excluding hydrogens is 162 g/mol. The smallest absolute Gasteiger partial charge is 0.226 e. The number of amides is 1. The van der Waals surface area contributed by atoms with Crippen LogP contribution in [0.25, 0.3) is 0 Å². The number of carbonyl (C=O) groups excluding carboxylic acids is 1. The minimum atomic E-state index is 0.00472. The summed E-state index contributed by atoms with van der Waals surface area (Å²) in [5.41, 5.74) is 0.00472. The lowest BCUT2D eigenvalue weighted by Gasteiger charge is -2.26. The molecule has 0 aromatic carbocycles. The third-order valence-electron chi connectivity index (χ3n) is 3.11. The van der Waals surface area contributed by atoms with E-state index in [1.165, 1.54) is 12.8 Å². The predicted octanol–water partition coefficient (Wildman–Crippen LogP) is 2.48. The molecule has 0 spiro atoms. The monoisotopic (exact) mass is 183 g/mol. The van der Waals surface area contributed by atoms with Crippen LogP contribution in [-0.2, 0) is 4.79 Å². The maximum Gasteiger partial charge on any atom is 0.226 e. The summed E-state index contributed by atoms with van der Waals surface area (Å²) in [6.45, 7) is 4.93. The molecule has 1 saturated carbocycles. The first-order chi connectivity index (χ1) is 6.25. The lowest BCUT2D eigenvalue weighted by atomic mass is 9.81. The van der Waals surface area contributed by atoms with Crippen LogP contribution in [0.4, 0.5) is 0 Å². The van der Waals surface area contributed by atoms with Gasteiger partial charge in [0.05, 0.1) is 0 Å². The van der Waals surface area contributed by atoms with Gasteiger partial charge < -0.3 is 5.32 Å². The average Bonchev–Trinajstić information content (AvgIpc) is 2.55. The SMILES string of the molecule is CCCC1(C(=O)NCC)CCCC1. The van der Waals surface area contributed by atoms with Crippen molar-refractivity contribution in [3.8, 4) is 0 Å². The van der Waals surface area contributed by atoms with E-state index in [-0.39, 0.29) is 5.41 Å². The van der Waals surface area contributed by atoms with Crippen molar-refractivity contribution in [3.63, 3.8) is 0 Å². The molecule has 1 amide bonds. The Bertz CT molecular complexity index is 171. The highest BCUT2D eigenvalue weighted by Crippen LogP contribution is 2.42. The molecular formula is C11H21NO. The summed E-state index contributed by atoms with van der Waals surface area (Å²) in [6.07, 6.45) is 6.86. The lowest BCUT2D eigenvalue weighted by Crippen LogP contribution is -2.38. The number of carbonyl (C=O) groups is 1. The van der Waals surface area contributed by atoms with Crippen LogP contribution in [0.15, 0.2) is 0 Å². The molecule has 0 aromatic heterocycles. The second-order valence-electron chi connectivity index (χ2n) is 4.10. The Morgan fingerprint density at radius 3 is 2.38 bits per heavy atom. The highest BCUT2D eigenvalue weighted by molar-refractivity contribution is 5.82.